The van der Waals surface area contributed by atoms with Gasteiger partial charge in [-0.3, -0.25) is 0 Å². The maximum absolute atomic E-state index is 13.5. The highest BCUT2D eigenvalue weighted by Gasteiger charge is 2.04. The molecule has 0 atom stereocenters. The minimum absolute atomic E-state index is 0.196. The minimum atomic E-state index is -0.196. The number of hydrogen-bond donors (Lipinski definition) is 1. The number of rotatable bonds is 7. The van der Waals surface area contributed by atoms with Crippen LogP contribution in [-0.2, 0) is 12.3 Å². The molecule has 0 spiro atoms. The van der Waals surface area contributed by atoms with Gasteiger partial charge in [0.25, 0.3) is 0 Å². The predicted octanol–water partition coefficient (Wildman–Crippen LogP) is 3.41. The van der Waals surface area contributed by atoms with Gasteiger partial charge >= 0.3 is 0 Å². The van der Waals surface area contributed by atoms with E-state index >= 15 is 0 Å². The average Bonchev–Trinajstić information content (AvgIpc) is 2.47. The average molecular weight is 291 g/mol. The van der Waals surface area contributed by atoms with Crippen LogP contribution in [0.25, 0.3) is 0 Å². The van der Waals surface area contributed by atoms with Crippen molar-refractivity contribution in [2.45, 2.75) is 30.5 Å². The number of hydrogen-bond acceptors (Lipinski definition) is 4. The third-order valence-corrected chi connectivity index (χ3v) is 3.73. The molecular formula is C15H18FN3S. The summed E-state index contributed by atoms with van der Waals surface area (Å²) >= 11 is 1.42. The van der Waals surface area contributed by atoms with Gasteiger partial charge in [0.15, 0.2) is 0 Å². The summed E-state index contributed by atoms with van der Waals surface area (Å²) in [5.41, 5.74) is 0.970. The molecule has 0 aliphatic carbocycles. The van der Waals surface area contributed by atoms with Gasteiger partial charge in [-0.2, -0.15) is 0 Å². The van der Waals surface area contributed by atoms with E-state index in [1.807, 2.05) is 12.1 Å². The summed E-state index contributed by atoms with van der Waals surface area (Å²) in [6.45, 7) is 3.85. The molecule has 106 valence electrons. The second-order valence-electron chi connectivity index (χ2n) is 4.36. The Hall–Kier alpha value is -1.46. The van der Waals surface area contributed by atoms with Crippen LogP contribution in [0.3, 0.4) is 0 Å². The first kappa shape index (κ1) is 14.9. The quantitative estimate of drug-likeness (QED) is 0.626. The second kappa shape index (κ2) is 7.97. The molecule has 5 heteroatoms. The van der Waals surface area contributed by atoms with Crippen molar-refractivity contribution >= 4 is 11.8 Å². The Bertz CT molecular complexity index is 548. The van der Waals surface area contributed by atoms with Crippen LogP contribution in [0.2, 0.25) is 0 Å². The number of halogens is 1. The van der Waals surface area contributed by atoms with Gasteiger partial charge in [-0.05, 0) is 31.2 Å². The Morgan fingerprint density at radius 2 is 2.10 bits per heavy atom. The molecule has 0 unspecified atom stereocenters. The zero-order valence-electron chi connectivity index (χ0n) is 11.5. The van der Waals surface area contributed by atoms with E-state index in [1.54, 1.807) is 18.3 Å². The standard InChI is InChI=1S/C15H18FN3S/c1-2-8-17-10-12-7-9-18-15(19-12)11-20-14-6-4-3-5-13(14)16/h3-7,9,17H,2,8,10-11H2,1H3. The van der Waals surface area contributed by atoms with Crippen LogP contribution in [0, 0.1) is 5.82 Å². The van der Waals surface area contributed by atoms with Crippen LogP contribution in [0.1, 0.15) is 24.9 Å². The molecule has 1 aromatic carbocycles. The summed E-state index contributed by atoms with van der Waals surface area (Å²) in [7, 11) is 0. The van der Waals surface area contributed by atoms with Crippen molar-refractivity contribution in [1.29, 1.82) is 0 Å². The molecule has 1 N–H and O–H groups in total. The maximum Gasteiger partial charge on any atom is 0.138 e. The Balaban J connectivity index is 1.93. The molecule has 1 aromatic heterocycles. The number of nitrogens with one attached hydrogen (secondary N) is 1. The Morgan fingerprint density at radius 1 is 1.25 bits per heavy atom. The van der Waals surface area contributed by atoms with Gasteiger partial charge in [-0.15, -0.1) is 11.8 Å². The van der Waals surface area contributed by atoms with Crippen molar-refractivity contribution in [3.63, 3.8) is 0 Å². The number of nitrogens with zero attached hydrogens (tertiary/aromatic N) is 2. The van der Waals surface area contributed by atoms with Crippen LogP contribution >= 0.6 is 11.8 Å². The van der Waals surface area contributed by atoms with E-state index in [2.05, 4.69) is 22.2 Å². The molecule has 20 heavy (non-hydrogen) atoms. The summed E-state index contributed by atoms with van der Waals surface area (Å²) in [6, 6.07) is 8.66. The molecular weight excluding hydrogens is 273 g/mol. The van der Waals surface area contributed by atoms with Gasteiger partial charge < -0.3 is 5.32 Å². The van der Waals surface area contributed by atoms with Gasteiger partial charge in [0.2, 0.25) is 0 Å². The zero-order valence-corrected chi connectivity index (χ0v) is 12.3. The molecule has 2 rings (SSSR count). The molecule has 2 aromatic rings. The van der Waals surface area contributed by atoms with E-state index < -0.39 is 0 Å². The van der Waals surface area contributed by atoms with Crippen molar-refractivity contribution in [3.8, 4) is 0 Å². The first-order valence-electron chi connectivity index (χ1n) is 6.68. The third kappa shape index (κ3) is 4.58. The lowest BCUT2D eigenvalue weighted by atomic mass is 10.3. The SMILES string of the molecule is CCCNCc1ccnc(CSc2ccccc2F)n1. The Morgan fingerprint density at radius 3 is 2.90 bits per heavy atom. The van der Waals surface area contributed by atoms with Crippen molar-refractivity contribution in [3.05, 3.63) is 53.9 Å². The fourth-order valence-electron chi connectivity index (χ4n) is 1.71. The first-order valence-corrected chi connectivity index (χ1v) is 7.67. The van der Waals surface area contributed by atoms with E-state index in [0.717, 1.165) is 31.0 Å². The molecule has 0 saturated heterocycles. The highest BCUT2D eigenvalue weighted by Crippen LogP contribution is 2.23. The van der Waals surface area contributed by atoms with E-state index in [4.69, 9.17) is 0 Å². The predicted molar refractivity (Wildman–Crippen MR) is 80.0 cm³/mol. The summed E-state index contributed by atoms with van der Waals surface area (Å²) < 4.78 is 13.5. The van der Waals surface area contributed by atoms with Crippen molar-refractivity contribution in [1.82, 2.24) is 15.3 Å². The van der Waals surface area contributed by atoms with Crippen LogP contribution in [0.4, 0.5) is 4.39 Å². The highest BCUT2D eigenvalue weighted by atomic mass is 32.2. The van der Waals surface area contributed by atoms with Gasteiger partial charge in [-0.25, -0.2) is 14.4 Å². The van der Waals surface area contributed by atoms with E-state index in [9.17, 15) is 4.39 Å². The van der Waals surface area contributed by atoms with Gasteiger partial charge in [0.05, 0.1) is 11.4 Å². The van der Waals surface area contributed by atoms with E-state index in [1.165, 1.54) is 17.8 Å². The molecule has 0 bridgehead atoms. The Kier molecular flexibility index (Phi) is 5.95. The molecule has 1 heterocycles. The van der Waals surface area contributed by atoms with Crippen LogP contribution < -0.4 is 5.32 Å². The monoisotopic (exact) mass is 291 g/mol. The topological polar surface area (TPSA) is 37.8 Å². The van der Waals surface area contributed by atoms with Crippen molar-refractivity contribution in [2.75, 3.05) is 6.54 Å². The molecule has 0 aliphatic heterocycles. The van der Waals surface area contributed by atoms with Crippen LogP contribution in [-0.4, -0.2) is 16.5 Å². The molecule has 0 aliphatic rings. The molecule has 0 fully saturated rings. The van der Waals surface area contributed by atoms with E-state index in [0.29, 0.717) is 10.6 Å². The maximum atomic E-state index is 13.5. The first-order chi connectivity index (χ1) is 9.79. The molecule has 3 nitrogen and oxygen atoms in total. The molecule has 0 radical (unpaired) electrons. The van der Waals surface area contributed by atoms with Crippen molar-refractivity contribution < 1.29 is 4.39 Å². The molecule has 0 amide bonds. The number of benzene rings is 1. The smallest absolute Gasteiger partial charge is 0.138 e. The summed E-state index contributed by atoms with van der Waals surface area (Å²) in [5, 5.41) is 3.30. The zero-order chi connectivity index (χ0) is 14.2. The van der Waals surface area contributed by atoms with Crippen LogP contribution in [0.5, 0.6) is 0 Å². The molecule has 0 saturated carbocycles. The van der Waals surface area contributed by atoms with Crippen molar-refractivity contribution in [2.24, 2.45) is 0 Å². The third-order valence-electron chi connectivity index (χ3n) is 2.69. The van der Waals surface area contributed by atoms with Gasteiger partial charge in [0.1, 0.15) is 11.6 Å². The van der Waals surface area contributed by atoms with E-state index in [-0.39, 0.29) is 5.82 Å². The fourth-order valence-corrected chi connectivity index (χ4v) is 2.51. The largest absolute Gasteiger partial charge is 0.311 e. The fraction of sp³-hybridized carbons (Fsp3) is 0.333. The summed E-state index contributed by atoms with van der Waals surface area (Å²) in [5.74, 6) is 1.11. The summed E-state index contributed by atoms with van der Waals surface area (Å²) in [4.78, 5) is 9.33. The van der Waals surface area contributed by atoms with Gasteiger partial charge in [-0.1, -0.05) is 19.1 Å². The lowest BCUT2D eigenvalue weighted by molar-refractivity contribution is 0.602. The summed E-state index contributed by atoms with van der Waals surface area (Å²) in [6.07, 6.45) is 2.86. The normalized spacial score (nSPS) is 10.7. The van der Waals surface area contributed by atoms with Gasteiger partial charge in [0, 0.05) is 17.6 Å². The lowest BCUT2D eigenvalue weighted by Crippen LogP contribution is -2.15. The van der Waals surface area contributed by atoms with Crippen LogP contribution in [0.15, 0.2) is 41.4 Å². The Labute approximate surface area is 123 Å². The lowest BCUT2D eigenvalue weighted by Gasteiger charge is -2.05. The number of aromatic nitrogens is 2. The second-order valence-corrected chi connectivity index (χ2v) is 5.38. The minimum Gasteiger partial charge on any atom is -0.311 e. The highest BCUT2D eigenvalue weighted by molar-refractivity contribution is 7.98. The number of thioether (sulfide) groups is 1.